The Morgan fingerprint density at radius 2 is 1.71 bits per heavy atom. The third-order valence-corrected chi connectivity index (χ3v) is 3.03. The molecule has 0 unspecified atom stereocenters. The van der Waals surface area contributed by atoms with Crippen molar-refractivity contribution in [3.8, 4) is 0 Å². The van der Waals surface area contributed by atoms with E-state index in [1.54, 1.807) is 6.92 Å². The van der Waals surface area contributed by atoms with E-state index in [4.69, 9.17) is 4.74 Å². The molecule has 1 heterocycles. The van der Waals surface area contributed by atoms with E-state index >= 15 is 0 Å². The number of hydrogen-bond acceptors (Lipinski definition) is 3. The number of rotatable bonds is 6. The van der Waals surface area contributed by atoms with Crippen molar-refractivity contribution in [3.05, 3.63) is 28.1 Å². The molecule has 0 radical (unpaired) electrons. The molecule has 0 aliphatic rings. The number of ether oxygens (including phenoxy) is 1. The van der Waals surface area contributed by atoms with Gasteiger partial charge in [0.05, 0.1) is 12.2 Å². The molecule has 0 aromatic carbocycles. The molecule has 0 aliphatic heterocycles. The first-order valence-corrected chi connectivity index (χ1v) is 6.61. The summed E-state index contributed by atoms with van der Waals surface area (Å²) in [6, 6.07) is 0. The molecular formula is C14H17F4NO2. The molecule has 3 nitrogen and oxygen atoms in total. The molecular weight excluding hydrogens is 290 g/mol. The SMILES string of the molecule is CCCc1c(C)c(C(F)F)nc(C(F)F)c1C(=O)OCC. The van der Waals surface area contributed by atoms with Crippen molar-refractivity contribution in [2.24, 2.45) is 0 Å². The van der Waals surface area contributed by atoms with Crippen LogP contribution in [0.4, 0.5) is 17.6 Å². The summed E-state index contributed by atoms with van der Waals surface area (Å²) in [4.78, 5) is 15.2. The summed E-state index contributed by atoms with van der Waals surface area (Å²) in [5, 5.41) is 0. The average molecular weight is 307 g/mol. The van der Waals surface area contributed by atoms with Crippen molar-refractivity contribution >= 4 is 5.97 Å². The number of pyridine rings is 1. The number of nitrogens with zero attached hydrogens (tertiary/aromatic N) is 1. The van der Waals surface area contributed by atoms with Crippen LogP contribution in [0.25, 0.3) is 0 Å². The molecule has 21 heavy (non-hydrogen) atoms. The van der Waals surface area contributed by atoms with Gasteiger partial charge in [0.2, 0.25) is 0 Å². The highest BCUT2D eigenvalue weighted by Gasteiger charge is 2.29. The molecule has 118 valence electrons. The Morgan fingerprint density at radius 3 is 2.14 bits per heavy atom. The van der Waals surface area contributed by atoms with Crippen LogP contribution in [-0.2, 0) is 11.2 Å². The average Bonchev–Trinajstić information content (AvgIpc) is 2.40. The van der Waals surface area contributed by atoms with Gasteiger partial charge in [0.1, 0.15) is 11.4 Å². The zero-order chi connectivity index (χ0) is 16.2. The van der Waals surface area contributed by atoms with Gasteiger partial charge in [-0.15, -0.1) is 0 Å². The first kappa shape index (κ1) is 17.4. The topological polar surface area (TPSA) is 39.2 Å². The fraction of sp³-hybridized carbons (Fsp3) is 0.571. The Morgan fingerprint density at radius 1 is 1.14 bits per heavy atom. The Balaban J connectivity index is 3.63. The molecule has 0 saturated carbocycles. The second-order valence-electron chi connectivity index (χ2n) is 4.43. The zero-order valence-corrected chi connectivity index (χ0v) is 12.1. The van der Waals surface area contributed by atoms with Gasteiger partial charge in [0.15, 0.2) is 0 Å². The lowest BCUT2D eigenvalue weighted by Crippen LogP contribution is -2.17. The Hall–Kier alpha value is -1.66. The van der Waals surface area contributed by atoms with Gasteiger partial charge in [-0.25, -0.2) is 27.3 Å². The number of halogens is 4. The fourth-order valence-electron chi connectivity index (χ4n) is 2.13. The van der Waals surface area contributed by atoms with Crippen LogP contribution >= 0.6 is 0 Å². The molecule has 0 bridgehead atoms. The predicted molar refractivity (Wildman–Crippen MR) is 68.8 cm³/mol. The van der Waals surface area contributed by atoms with E-state index in [0.717, 1.165) is 0 Å². The maximum atomic E-state index is 13.1. The first-order valence-electron chi connectivity index (χ1n) is 6.61. The molecule has 1 aromatic heterocycles. The molecule has 0 saturated heterocycles. The third kappa shape index (κ3) is 3.71. The minimum Gasteiger partial charge on any atom is -0.462 e. The van der Waals surface area contributed by atoms with E-state index in [0.29, 0.717) is 6.42 Å². The molecule has 7 heteroatoms. The highest BCUT2D eigenvalue weighted by atomic mass is 19.3. The second kappa shape index (κ2) is 7.38. The smallest absolute Gasteiger partial charge is 0.340 e. The van der Waals surface area contributed by atoms with Crippen molar-refractivity contribution in [3.63, 3.8) is 0 Å². The molecule has 1 rings (SSSR count). The van der Waals surface area contributed by atoms with Crippen molar-refractivity contribution < 1.29 is 27.1 Å². The fourth-order valence-corrected chi connectivity index (χ4v) is 2.13. The van der Waals surface area contributed by atoms with Gasteiger partial charge in [0, 0.05) is 0 Å². The Kier molecular flexibility index (Phi) is 6.11. The van der Waals surface area contributed by atoms with Gasteiger partial charge in [-0.2, -0.15) is 0 Å². The van der Waals surface area contributed by atoms with Crippen LogP contribution in [0.15, 0.2) is 0 Å². The van der Waals surface area contributed by atoms with Crippen molar-refractivity contribution in [2.45, 2.75) is 46.5 Å². The summed E-state index contributed by atoms with van der Waals surface area (Å²) in [5.41, 5.74) is -1.79. The zero-order valence-electron chi connectivity index (χ0n) is 12.1. The summed E-state index contributed by atoms with van der Waals surface area (Å²) in [5.74, 6) is -0.951. The van der Waals surface area contributed by atoms with Gasteiger partial charge in [-0.3, -0.25) is 0 Å². The van der Waals surface area contributed by atoms with Crippen LogP contribution in [-0.4, -0.2) is 17.6 Å². The lowest BCUT2D eigenvalue weighted by Gasteiger charge is -2.18. The van der Waals surface area contributed by atoms with Crippen LogP contribution in [0.2, 0.25) is 0 Å². The van der Waals surface area contributed by atoms with Crippen LogP contribution in [0.3, 0.4) is 0 Å². The molecule has 1 aromatic rings. The van der Waals surface area contributed by atoms with Gasteiger partial charge >= 0.3 is 5.97 Å². The van der Waals surface area contributed by atoms with E-state index in [-0.39, 0.29) is 29.7 Å². The van der Waals surface area contributed by atoms with Crippen molar-refractivity contribution in [2.75, 3.05) is 6.61 Å². The lowest BCUT2D eigenvalue weighted by molar-refractivity contribution is 0.0510. The second-order valence-corrected chi connectivity index (χ2v) is 4.43. The van der Waals surface area contributed by atoms with Crippen molar-refractivity contribution in [1.29, 1.82) is 0 Å². The van der Waals surface area contributed by atoms with Crippen LogP contribution < -0.4 is 0 Å². The maximum absolute atomic E-state index is 13.1. The molecule has 0 fully saturated rings. The number of esters is 1. The Labute approximate surface area is 120 Å². The number of carbonyl (C=O) groups is 1. The summed E-state index contributed by atoms with van der Waals surface area (Å²) < 4.78 is 56.9. The number of carbonyl (C=O) groups excluding carboxylic acids is 1. The van der Waals surface area contributed by atoms with Gasteiger partial charge in [0.25, 0.3) is 12.9 Å². The third-order valence-electron chi connectivity index (χ3n) is 3.03. The first-order chi connectivity index (χ1) is 9.84. The normalized spacial score (nSPS) is 11.3. The van der Waals surface area contributed by atoms with E-state index in [2.05, 4.69) is 4.98 Å². The van der Waals surface area contributed by atoms with Crippen LogP contribution in [0.5, 0.6) is 0 Å². The van der Waals surface area contributed by atoms with Gasteiger partial charge < -0.3 is 4.74 Å². The van der Waals surface area contributed by atoms with E-state index in [1.807, 2.05) is 0 Å². The van der Waals surface area contributed by atoms with E-state index in [1.165, 1.54) is 13.8 Å². The van der Waals surface area contributed by atoms with Crippen LogP contribution in [0.1, 0.15) is 66.0 Å². The summed E-state index contributed by atoms with van der Waals surface area (Å²) >= 11 is 0. The highest BCUT2D eigenvalue weighted by molar-refractivity contribution is 5.93. The maximum Gasteiger partial charge on any atom is 0.340 e. The molecule has 0 spiro atoms. The minimum atomic E-state index is -3.13. The van der Waals surface area contributed by atoms with E-state index in [9.17, 15) is 22.4 Å². The quantitative estimate of drug-likeness (QED) is 0.578. The van der Waals surface area contributed by atoms with Gasteiger partial charge in [-0.1, -0.05) is 13.3 Å². The monoisotopic (exact) mass is 307 g/mol. The number of aromatic nitrogens is 1. The largest absolute Gasteiger partial charge is 0.462 e. The molecule has 0 atom stereocenters. The predicted octanol–water partition coefficient (Wildman–Crippen LogP) is 4.39. The summed E-state index contributed by atoms with van der Waals surface area (Å²) in [7, 11) is 0. The minimum absolute atomic E-state index is 0.00270. The molecule has 0 amide bonds. The van der Waals surface area contributed by atoms with Gasteiger partial charge in [-0.05, 0) is 31.4 Å². The number of hydrogen-bond donors (Lipinski definition) is 0. The summed E-state index contributed by atoms with van der Waals surface area (Å²) in [6.45, 7) is 4.66. The van der Waals surface area contributed by atoms with Crippen LogP contribution in [0, 0.1) is 6.92 Å². The molecule has 0 aliphatic carbocycles. The Bertz CT molecular complexity index is 518. The van der Waals surface area contributed by atoms with Crippen molar-refractivity contribution in [1.82, 2.24) is 4.98 Å². The van der Waals surface area contributed by atoms with E-state index < -0.39 is 30.2 Å². The molecule has 0 N–H and O–H groups in total. The lowest BCUT2D eigenvalue weighted by atomic mass is 9.95. The summed E-state index contributed by atoms with van der Waals surface area (Å²) in [6.07, 6.45) is -5.36. The highest BCUT2D eigenvalue weighted by Crippen LogP contribution is 2.32. The standard InChI is InChI=1S/C14H17F4NO2/c1-4-6-8-7(3)10(12(15)16)19-11(13(17)18)9(8)14(20)21-5-2/h12-13H,4-6H2,1-3H3. The number of alkyl halides is 4.